The molecule has 0 bridgehead atoms. The SMILES string of the molecule is COCCn1cc(C(=O)N2CCC(c3cc(CN)ccc3F)CC2)c2c(Cl)ccc(C)c21.Cl. The van der Waals surface area contributed by atoms with E-state index in [0.717, 1.165) is 22.0 Å². The lowest BCUT2D eigenvalue weighted by Gasteiger charge is -2.32. The minimum Gasteiger partial charge on any atom is -0.383 e. The molecule has 1 amide bonds. The number of benzene rings is 2. The highest BCUT2D eigenvalue weighted by molar-refractivity contribution is 6.37. The summed E-state index contributed by atoms with van der Waals surface area (Å²) in [7, 11) is 1.66. The Hall–Kier alpha value is -2.12. The van der Waals surface area contributed by atoms with E-state index in [2.05, 4.69) is 0 Å². The molecule has 0 unspecified atom stereocenters. The lowest BCUT2D eigenvalue weighted by molar-refractivity contribution is 0.0714. The van der Waals surface area contributed by atoms with Crippen LogP contribution in [0.3, 0.4) is 0 Å². The fourth-order valence-corrected chi connectivity index (χ4v) is 4.96. The first-order chi connectivity index (χ1) is 15.4. The van der Waals surface area contributed by atoms with E-state index < -0.39 is 0 Å². The fraction of sp³-hybridized carbons (Fsp3) is 0.400. The van der Waals surface area contributed by atoms with Crippen molar-refractivity contribution in [1.29, 1.82) is 0 Å². The van der Waals surface area contributed by atoms with Gasteiger partial charge in [0.05, 0.1) is 22.7 Å². The molecule has 3 aromatic rings. The lowest BCUT2D eigenvalue weighted by Crippen LogP contribution is -2.38. The third-order valence-electron chi connectivity index (χ3n) is 6.46. The molecule has 178 valence electrons. The number of rotatable bonds is 6. The van der Waals surface area contributed by atoms with Gasteiger partial charge in [0.25, 0.3) is 5.91 Å². The van der Waals surface area contributed by atoms with Crippen LogP contribution >= 0.6 is 24.0 Å². The summed E-state index contributed by atoms with van der Waals surface area (Å²) in [5.74, 6) is -0.150. The Morgan fingerprint density at radius 1 is 1.24 bits per heavy atom. The Bertz CT molecular complexity index is 1140. The van der Waals surface area contributed by atoms with E-state index in [9.17, 15) is 9.18 Å². The van der Waals surface area contributed by atoms with Crippen LogP contribution in [0.1, 0.15) is 45.8 Å². The van der Waals surface area contributed by atoms with Crippen molar-refractivity contribution in [2.24, 2.45) is 5.73 Å². The van der Waals surface area contributed by atoms with Crippen LogP contribution in [0.5, 0.6) is 0 Å². The molecule has 5 nitrogen and oxygen atoms in total. The number of aromatic nitrogens is 1. The van der Waals surface area contributed by atoms with E-state index in [4.69, 9.17) is 22.1 Å². The molecule has 1 fully saturated rings. The van der Waals surface area contributed by atoms with Crippen LogP contribution < -0.4 is 5.73 Å². The Balaban J connectivity index is 0.00000306. The number of methoxy groups -OCH3 is 1. The predicted molar refractivity (Wildman–Crippen MR) is 133 cm³/mol. The molecule has 33 heavy (non-hydrogen) atoms. The second-order valence-corrected chi connectivity index (χ2v) is 8.85. The molecule has 1 saturated heterocycles. The van der Waals surface area contributed by atoms with E-state index in [1.807, 2.05) is 40.8 Å². The molecule has 2 aromatic carbocycles. The van der Waals surface area contributed by atoms with Crippen molar-refractivity contribution >= 4 is 40.8 Å². The van der Waals surface area contributed by atoms with Crippen molar-refractivity contribution in [2.45, 2.75) is 38.8 Å². The van der Waals surface area contributed by atoms with Gasteiger partial charge in [0.15, 0.2) is 0 Å². The van der Waals surface area contributed by atoms with Crippen LogP contribution in [0.4, 0.5) is 4.39 Å². The number of piperidine rings is 1. The molecule has 0 spiro atoms. The van der Waals surface area contributed by atoms with Crippen molar-refractivity contribution in [1.82, 2.24) is 9.47 Å². The molecule has 4 rings (SSSR count). The Labute approximate surface area is 205 Å². The number of likely N-dealkylation sites (tertiary alicyclic amines) is 1. The Kier molecular flexibility index (Phi) is 8.40. The first-order valence-electron chi connectivity index (χ1n) is 11.0. The topological polar surface area (TPSA) is 60.5 Å². The van der Waals surface area contributed by atoms with Gasteiger partial charge in [-0.3, -0.25) is 4.79 Å². The summed E-state index contributed by atoms with van der Waals surface area (Å²) in [4.78, 5) is 15.4. The number of halogens is 3. The molecule has 0 radical (unpaired) electrons. The van der Waals surface area contributed by atoms with Gasteiger partial charge in [-0.15, -0.1) is 12.4 Å². The van der Waals surface area contributed by atoms with E-state index in [-0.39, 0.29) is 30.0 Å². The zero-order chi connectivity index (χ0) is 22.8. The number of ether oxygens (including phenoxy) is 1. The van der Waals surface area contributed by atoms with Gasteiger partial charge in [0, 0.05) is 44.9 Å². The maximum absolute atomic E-state index is 14.4. The summed E-state index contributed by atoms with van der Waals surface area (Å²) in [6.07, 6.45) is 3.32. The van der Waals surface area contributed by atoms with Crippen LogP contribution in [0.25, 0.3) is 10.9 Å². The molecule has 0 atom stereocenters. The zero-order valence-electron chi connectivity index (χ0n) is 18.9. The standard InChI is InChI=1S/C25H29ClFN3O2.ClH/c1-16-3-5-21(26)23-20(15-30(24(16)23)11-12-32-2)25(31)29-9-7-18(8-10-29)19-13-17(14-28)4-6-22(19)27;/h3-6,13,15,18H,7-12,14,28H2,1-2H3;1H. The third kappa shape index (κ3) is 5.04. The highest BCUT2D eigenvalue weighted by Crippen LogP contribution is 2.35. The number of aryl methyl sites for hydroxylation is 1. The summed E-state index contributed by atoms with van der Waals surface area (Å²) >= 11 is 6.55. The van der Waals surface area contributed by atoms with Crippen LogP contribution in [-0.4, -0.2) is 42.2 Å². The maximum Gasteiger partial charge on any atom is 0.256 e. The molecule has 0 aliphatic carbocycles. The summed E-state index contributed by atoms with van der Waals surface area (Å²) in [6.45, 7) is 4.74. The molecule has 2 N–H and O–H groups in total. The summed E-state index contributed by atoms with van der Waals surface area (Å²) in [6, 6.07) is 8.90. The zero-order valence-corrected chi connectivity index (χ0v) is 20.5. The van der Waals surface area contributed by atoms with Crippen LogP contribution in [-0.2, 0) is 17.8 Å². The summed E-state index contributed by atoms with van der Waals surface area (Å²) in [5.41, 5.74) is 10.00. The fourth-order valence-electron chi connectivity index (χ4n) is 4.71. The van der Waals surface area contributed by atoms with E-state index >= 15 is 0 Å². The van der Waals surface area contributed by atoms with Gasteiger partial charge in [-0.05, 0) is 54.5 Å². The van der Waals surface area contributed by atoms with Gasteiger partial charge in [-0.2, -0.15) is 0 Å². The maximum atomic E-state index is 14.4. The highest BCUT2D eigenvalue weighted by Gasteiger charge is 2.29. The number of fused-ring (bicyclic) bond motifs is 1. The predicted octanol–water partition coefficient (Wildman–Crippen LogP) is 5.29. The van der Waals surface area contributed by atoms with Crippen LogP contribution in [0.2, 0.25) is 5.02 Å². The summed E-state index contributed by atoms with van der Waals surface area (Å²) < 4.78 is 21.7. The van der Waals surface area contributed by atoms with Gasteiger partial charge in [-0.25, -0.2) is 4.39 Å². The Morgan fingerprint density at radius 2 is 1.97 bits per heavy atom. The number of carbonyl (C=O) groups excluding carboxylic acids is 1. The molecule has 2 heterocycles. The second kappa shape index (κ2) is 10.9. The number of carbonyl (C=O) groups is 1. The first kappa shape index (κ1) is 25.5. The number of nitrogens with two attached hydrogens (primary N) is 1. The number of hydrogen-bond donors (Lipinski definition) is 1. The largest absolute Gasteiger partial charge is 0.383 e. The van der Waals surface area contributed by atoms with Crippen molar-refractivity contribution in [3.8, 4) is 0 Å². The number of hydrogen-bond acceptors (Lipinski definition) is 3. The summed E-state index contributed by atoms with van der Waals surface area (Å²) in [5, 5.41) is 1.36. The van der Waals surface area contributed by atoms with Gasteiger partial charge in [0.2, 0.25) is 0 Å². The number of amides is 1. The third-order valence-corrected chi connectivity index (χ3v) is 6.77. The Morgan fingerprint density at radius 3 is 2.64 bits per heavy atom. The minimum absolute atomic E-state index is 0. The van der Waals surface area contributed by atoms with E-state index in [0.29, 0.717) is 61.8 Å². The van der Waals surface area contributed by atoms with Gasteiger partial charge < -0.3 is 19.9 Å². The van der Waals surface area contributed by atoms with Crippen molar-refractivity contribution in [2.75, 3.05) is 26.8 Å². The average Bonchev–Trinajstić information content (AvgIpc) is 3.21. The van der Waals surface area contributed by atoms with Gasteiger partial charge >= 0.3 is 0 Å². The first-order valence-corrected chi connectivity index (χ1v) is 11.4. The normalized spacial score (nSPS) is 14.5. The minimum atomic E-state index is -0.199. The molecule has 0 saturated carbocycles. The molecule has 1 aliphatic heterocycles. The molecular weight excluding hydrogens is 464 g/mol. The molecular formula is C25H30Cl2FN3O2. The molecule has 8 heteroatoms. The quantitative estimate of drug-likeness (QED) is 0.507. The average molecular weight is 494 g/mol. The van der Waals surface area contributed by atoms with Crippen molar-refractivity contribution < 1.29 is 13.9 Å². The van der Waals surface area contributed by atoms with E-state index in [1.165, 1.54) is 6.07 Å². The van der Waals surface area contributed by atoms with Crippen LogP contribution in [0, 0.1) is 12.7 Å². The number of nitrogens with zero attached hydrogens (tertiary/aromatic N) is 2. The highest BCUT2D eigenvalue weighted by atomic mass is 35.5. The van der Waals surface area contributed by atoms with Crippen LogP contribution in [0.15, 0.2) is 36.5 Å². The van der Waals surface area contributed by atoms with Gasteiger partial charge in [0.1, 0.15) is 5.82 Å². The molecule has 1 aliphatic rings. The monoisotopic (exact) mass is 493 g/mol. The van der Waals surface area contributed by atoms with Crippen molar-refractivity contribution in [3.63, 3.8) is 0 Å². The second-order valence-electron chi connectivity index (χ2n) is 8.44. The lowest BCUT2D eigenvalue weighted by atomic mass is 9.88. The van der Waals surface area contributed by atoms with E-state index in [1.54, 1.807) is 13.2 Å². The smallest absolute Gasteiger partial charge is 0.256 e. The molecule has 1 aromatic heterocycles. The van der Waals surface area contributed by atoms with Crippen molar-refractivity contribution in [3.05, 3.63) is 69.6 Å². The van der Waals surface area contributed by atoms with Gasteiger partial charge in [-0.1, -0.05) is 29.8 Å².